The SMILES string of the molecule is Cc1ccc(S(=O)(=O)N2CCC(C(=O)NC(C)C(=O)NCc3ccc(Cl)cc3)CC2)cc1. The molecule has 0 aromatic heterocycles. The number of hydrogen-bond donors (Lipinski definition) is 2. The van der Waals surface area contributed by atoms with Crippen molar-refractivity contribution in [1.29, 1.82) is 0 Å². The molecule has 0 aliphatic carbocycles. The number of carbonyl (C=O) groups is 2. The molecule has 2 amide bonds. The van der Waals surface area contributed by atoms with Crippen LogP contribution in [0.5, 0.6) is 0 Å². The zero-order chi connectivity index (χ0) is 23.3. The third-order valence-electron chi connectivity index (χ3n) is 5.62. The molecule has 0 spiro atoms. The molecule has 1 unspecified atom stereocenters. The highest BCUT2D eigenvalue weighted by atomic mass is 35.5. The van der Waals surface area contributed by atoms with Crippen molar-refractivity contribution in [2.45, 2.75) is 44.2 Å². The Morgan fingerprint density at radius 2 is 1.66 bits per heavy atom. The smallest absolute Gasteiger partial charge is 0.243 e. The van der Waals surface area contributed by atoms with Crippen molar-refractivity contribution in [2.75, 3.05) is 13.1 Å². The summed E-state index contributed by atoms with van der Waals surface area (Å²) in [7, 11) is -3.57. The van der Waals surface area contributed by atoms with Crippen molar-refractivity contribution in [1.82, 2.24) is 14.9 Å². The first-order chi connectivity index (χ1) is 15.2. The molecule has 1 heterocycles. The molecule has 1 aliphatic heterocycles. The molecular formula is C23H28ClN3O4S. The highest BCUT2D eigenvalue weighted by Gasteiger charge is 2.32. The van der Waals surface area contributed by atoms with Crippen LogP contribution in [-0.4, -0.2) is 43.7 Å². The molecule has 0 radical (unpaired) electrons. The van der Waals surface area contributed by atoms with Crippen LogP contribution in [0.25, 0.3) is 0 Å². The van der Waals surface area contributed by atoms with Crippen LogP contribution in [0, 0.1) is 12.8 Å². The number of aryl methyl sites for hydroxylation is 1. The zero-order valence-corrected chi connectivity index (χ0v) is 19.7. The van der Waals surface area contributed by atoms with E-state index in [9.17, 15) is 18.0 Å². The number of sulfonamides is 1. The third-order valence-corrected chi connectivity index (χ3v) is 7.78. The molecule has 3 rings (SSSR count). The molecular weight excluding hydrogens is 450 g/mol. The molecule has 7 nitrogen and oxygen atoms in total. The van der Waals surface area contributed by atoms with E-state index in [4.69, 9.17) is 11.6 Å². The van der Waals surface area contributed by atoms with Crippen LogP contribution in [0.2, 0.25) is 5.02 Å². The summed E-state index contributed by atoms with van der Waals surface area (Å²) in [6, 6.07) is 13.2. The molecule has 32 heavy (non-hydrogen) atoms. The zero-order valence-electron chi connectivity index (χ0n) is 18.2. The second kappa shape index (κ2) is 10.5. The molecule has 1 fully saturated rings. The largest absolute Gasteiger partial charge is 0.350 e. The van der Waals surface area contributed by atoms with Gasteiger partial charge in [-0.05, 0) is 56.5 Å². The van der Waals surface area contributed by atoms with Gasteiger partial charge in [0.15, 0.2) is 0 Å². The fraction of sp³-hybridized carbons (Fsp3) is 0.391. The van der Waals surface area contributed by atoms with Gasteiger partial charge in [0, 0.05) is 30.6 Å². The molecule has 172 valence electrons. The van der Waals surface area contributed by atoms with Gasteiger partial charge in [-0.15, -0.1) is 0 Å². The van der Waals surface area contributed by atoms with E-state index in [1.807, 2.05) is 19.1 Å². The summed E-state index contributed by atoms with van der Waals surface area (Å²) in [4.78, 5) is 25.2. The Labute approximate surface area is 194 Å². The number of halogens is 1. The Morgan fingerprint density at radius 3 is 2.25 bits per heavy atom. The number of amides is 2. The highest BCUT2D eigenvalue weighted by Crippen LogP contribution is 2.24. The van der Waals surface area contributed by atoms with Crippen LogP contribution in [0.1, 0.15) is 30.9 Å². The summed E-state index contributed by atoms with van der Waals surface area (Å²) in [5.41, 5.74) is 1.90. The fourth-order valence-electron chi connectivity index (χ4n) is 3.56. The van der Waals surface area contributed by atoms with Crippen molar-refractivity contribution < 1.29 is 18.0 Å². The number of nitrogens with one attached hydrogen (secondary N) is 2. The fourth-order valence-corrected chi connectivity index (χ4v) is 5.15. The van der Waals surface area contributed by atoms with E-state index in [0.29, 0.717) is 24.4 Å². The number of rotatable bonds is 7. The summed E-state index contributed by atoms with van der Waals surface area (Å²) in [5.74, 6) is -0.842. The molecule has 2 aromatic carbocycles. The van der Waals surface area contributed by atoms with Crippen LogP contribution in [0.15, 0.2) is 53.4 Å². The molecule has 2 aromatic rings. The first-order valence-electron chi connectivity index (χ1n) is 10.6. The topological polar surface area (TPSA) is 95.6 Å². The number of nitrogens with zero attached hydrogens (tertiary/aromatic N) is 1. The quantitative estimate of drug-likeness (QED) is 0.641. The van der Waals surface area contributed by atoms with Crippen LogP contribution in [-0.2, 0) is 26.2 Å². The van der Waals surface area contributed by atoms with Crippen LogP contribution >= 0.6 is 11.6 Å². The lowest BCUT2D eigenvalue weighted by atomic mass is 9.97. The van der Waals surface area contributed by atoms with Gasteiger partial charge in [0.05, 0.1) is 4.90 Å². The van der Waals surface area contributed by atoms with E-state index in [0.717, 1.165) is 11.1 Å². The maximum atomic E-state index is 12.8. The third kappa shape index (κ3) is 6.09. The highest BCUT2D eigenvalue weighted by molar-refractivity contribution is 7.89. The van der Waals surface area contributed by atoms with Crippen LogP contribution < -0.4 is 10.6 Å². The van der Waals surface area contributed by atoms with Crippen LogP contribution in [0.3, 0.4) is 0 Å². The lowest BCUT2D eigenvalue weighted by Crippen LogP contribution is -2.49. The predicted molar refractivity (Wildman–Crippen MR) is 124 cm³/mol. The normalized spacial score (nSPS) is 16.3. The average molecular weight is 478 g/mol. The monoisotopic (exact) mass is 477 g/mol. The van der Waals surface area contributed by atoms with Gasteiger partial charge in [-0.25, -0.2) is 8.42 Å². The Bertz CT molecular complexity index is 1050. The first-order valence-corrected chi connectivity index (χ1v) is 12.4. The average Bonchev–Trinajstić information content (AvgIpc) is 2.78. The lowest BCUT2D eigenvalue weighted by molar-refractivity contribution is -0.131. The van der Waals surface area contributed by atoms with Crippen molar-refractivity contribution in [3.63, 3.8) is 0 Å². The van der Waals surface area contributed by atoms with Crippen LogP contribution in [0.4, 0.5) is 0 Å². The van der Waals surface area contributed by atoms with Gasteiger partial charge in [-0.2, -0.15) is 4.31 Å². The summed E-state index contributed by atoms with van der Waals surface area (Å²) in [6.07, 6.45) is 0.825. The van der Waals surface area contributed by atoms with Gasteiger partial charge >= 0.3 is 0 Å². The Hall–Kier alpha value is -2.42. The molecule has 0 bridgehead atoms. The van der Waals surface area contributed by atoms with E-state index in [2.05, 4.69) is 10.6 Å². The van der Waals surface area contributed by atoms with Gasteiger partial charge in [-0.3, -0.25) is 9.59 Å². The molecule has 2 N–H and O–H groups in total. The molecule has 0 saturated carbocycles. The maximum Gasteiger partial charge on any atom is 0.243 e. The summed E-state index contributed by atoms with van der Waals surface area (Å²) < 4.78 is 27.0. The van der Waals surface area contributed by atoms with Gasteiger partial charge in [0.2, 0.25) is 21.8 Å². The number of hydrogen-bond acceptors (Lipinski definition) is 4. The summed E-state index contributed by atoms with van der Waals surface area (Å²) >= 11 is 5.86. The van der Waals surface area contributed by atoms with Gasteiger partial charge in [0.1, 0.15) is 6.04 Å². The van der Waals surface area contributed by atoms with Crippen molar-refractivity contribution >= 4 is 33.4 Å². The maximum absolute atomic E-state index is 12.8. The number of piperidine rings is 1. The summed E-state index contributed by atoms with van der Waals surface area (Å²) in [5, 5.41) is 6.16. The second-order valence-electron chi connectivity index (χ2n) is 8.07. The second-order valence-corrected chi connectivity index (χ2v) is 10.4. The van der Waals surface area contributed by atoms with Crippen molar-refractivity contribution in [3.8, 4) is 0 Å². The minimum absolute atomic E-state index is 0.230. The van der Waals surface area contributed by atoms with Crippen molar-refractivity contribution in [3.05, 3.63) is 64.7 Å². The van der Waals surface area contributed by atoms with Gasteiger partial charge in [0.25, 0.3) is 0 Å². The minimum Gasteiger partial charge on any atom is -0.350 e. The number of carbonyl (C=O) groups excluding carboxylic acids is 2. The molecule has 1 atom stereocenters. The van der Waals surface area contributed by atoms with Gasteiger partial charge in [-0.1, -0.05) is 41.4 Å². The van der Waals surface area contributed by atoms with E-state index in [-0.39, 0.29) is 35.7 Å². The first kappa shape index (κ1) is 24.2. The van der Waals surface area contributed by atoms with E-state index >= 15 is 0 Å². The molecule has 1 saturated heterocycles. The van der Waals surface area contributed by atoms with E-state index in [1.165, 1.54) is 4.31 Å². The lowest BCUT2D eigenvalue weighted by Gasteiger charge is -2.31. The van der Waals surface area contributed by atoms with Gasteiger partial charge < -0.3 is 10.6 Å². The predicted octanol–water partition coefficient (Wildman–Crippen LogP) is 2.87. The molecule has 9 heteroatoms. The van der Waals surface area contributed by atoms with E-state index in [1.54, 1.807) is 43.3 Å². The standard InChI is InChI=1S/C23H28ClN3O4S/c1-16-3-9-21(10-4-16)32(30,31)27-13-11-19(12-14-27)23(29)26-17(2)22(28)25-15-18-5-7-20(24)8-6-18/h3-10,17,19H,11-15H2,1-2H3,(H,25,28)(H,26,29). The Morgan fingerprint density at radius 1 is 1.06 bits per heavy atom. The Balaban J connectivity index is 1.47. The van der Waals surface area contributed by atoms with E-state index < -0.39 is 16.1 Å². The van der Waals surface area contributed by atoms with Crippen molar-refractivity contribution in [2.24, 2.45) is 5.92 Å². The number of benzene rings is 2. The Kier molecular flexibility index (Phi) is 7.92. The molecule has 1 aliphatic rings. The summed E-state index contributed by atoms with van der Waals surface area (Å²) in [6.45, 7) is 4.41. The minimum atomic E-state index is -3.57.